The van der Waals surface area contributed by atoms with Crippen LogP contribution < -0.4 is 5.32 Å². The molecule has 6 nitrogen and oxygen atoms in total. The third kappa shape index (κ3) is 4.66. The molecule has 0 bridgehead atoms. The Kier molecular flexibility index (Phi) is 6.01. The summed E-state index contributed by atoms with van der Waals surface area (Å²) < 4.78 is 24.5. The number of carbonyl (C=O) groups is 1. The van der Waals surface area contributed by atoms with E-state index in [1.54, 1.807) is 0 Å². The molecular weight excluding hydrogens is 284 g/mol. The average molecular weight is 301 g/mol. The monoisotopic (exact) mass is 301 g/mol. The zero-order valence-corrected chi connectivity index (χ0v) is 11.8. The van der Waals surface area contributed by atoms with Crippen molar-refractivity contribution in [2.45, 2.75) is 19.8 Å². The van der Waals surface area contributed by atoms with E-state index in [2.05, 4.69) is 5.32 Å². The van der Waals surface area contributed by atoms with Gasteiger partial charge >= 0.3 is 0 Å². The van der Waals surface area contributed by atoms with Crippen molar-refractivity contribution in [3.63, 3.8) is 0 Å². The fourth-order valence-corrected chi connectivity index (χ4v) is 1.74. The van der Waals surface area contributed by atoms with E-state index < -0.39 is 23.8 Å². The third-order valence-electron chi connectivity index (χ3n) is 2.77. The van der Waals surface area contributed by atoms with Crippen molar-refractivity contribution in [3.05, 3.63) is 33.9 Å². The minimum atomic E-state index is -2.65. The highest BCUT2D eigenvalue weighted by atomic mass is 19.3. The number of anilines is 1. The molecule has 1 aromatic carbocycles. The summed E-state index contributed by atoms with van der Waals surface area (Å²) in [4.78, 5) is 23.2. The van der Waals surface area contributed by atoms with Gasteiger partial charge in [0.05, 0.1) is 11.5 Å². The van der Waals surface area contributed by atoms with E-state index in [0.717, 1.165) is 17.4 Å². The summed E-state index contributed by atoms with van der Waals surface area (Å²) >= 11 is 0. The molecule has 0 fully saturated rings. The number of carbonyl (C=O) groups excluding carboxylic acids is 1. The van der Waals surface area contributed by atoms with E-state index in [1.807, 2.05) is 6.92 Å². The lowest BCUT2D eigenvalue weighted by atomic mass is 10.1. The Labute approximate surface area is 120 Å². The van der Waals surface area contributed by atoms with Crippen molar-refractivity contribution < 1.29 is 18.5 Å². The van der Waals surface area contributed by atoms with Gasteiger partial charge in [0, 0.05) is 25.2 Å². The number of nitrogens with one attached hydrogen (secondary N) is 1. The molecule has 0 aromatic heterocycles. The van der Waals surface area contributed by atoms with Crippen LogP contribution in [-0.2, 0) is 0 Å². The van der Waals surface area contributed by atoms with Crippen LogP contribution in [0.25, 0.3) is 0 Å². The molecule has 1 rings (SSSR count). The molecule has 21 heavy (non-hydrogen) atoms. The second-order valence-corrected chi connectivity index (χ2v) is 4.49. The molecule has 0 spiro atoms. The topological polar surface area (TPSA) is 75.5 Å². The maximum absolute atomic E-state index is 12.3. The predicted molar refractivity (Wildman–Crippen MR) is 74.8 cm³/mol. The molecule has 0 saturated heterocycles. The van der Waals surface area contributed by atoms with Crippen LogP contribution in [0, 0.1) is 10.1 Å². The summed E-state index contributed by atoms with van der Waals surface area (Å²) in [5.74, 6) is -0.680. The Bertz CT molecular complexity index is 523. The SMILES string of the molecule is CCCNc1ccc(C(=O)N(C)CC(F)F)cc1[N+](=O)[O-]. The molecule has 1 amide bonds. The second-order valence-electron chi connectivity index (χ2n) is 4.49. The van der Waals surface area contributed by atoms with Crippen LogP contribution in [0.4, 0.5) is 20.2 Å². The number of hydrogen-bond donors (Lipinski definition) is 1. The highest BCUT2D eigenvalue weighted by Crippen LogP contribution is 2.26. The Balaban J connectivity index is 3.02. The summed E-state index contributed by atoms with van der Waals surface area (Å²) in [6, 6.07) is 3.90. The molecular formula is C13H17F2N3O3. The Morgan fingerprint density at radius 1 is 1.48 bits per heavy atom. The van der Waals surface area contributed by atoms with Crippen LogP contribution in [-0.4, -0.2) is 42.3 Å². The van der Waals surface area contributed by atoms with Crippen LogP contribution in [0.5, 0.6) is 0 Å². The first kappa shape index (κ1) is 16.8. The van der Waals surface area contributed by atoms with E-state index in [1.165, 1.54) is 19.2 Å². The van der Waals surface area contributed by atoms with E-state index in [4.69, 9.17) is 0 Å². The molecule has 1 aromatic rings. The number of halogens is 2. The molecule has 8 heteroatoms. The standard InChI is InChI=1S/C13H17F2N3O3/c1-3-6-16-10-5-4-9(7-11(10)18(20)21)13(19)17(2)8-12(14)15/h4-5,7,12,16H,3,6,8H2,1-2H3. The van der Waals surface area contributed by atoms with Crippen LogP contribution in [0.15, 0.2) is 18.2 Å². The van der Waals surface area contributed by atoms with Gasteiger partial charge in [0.2, 0.25) is 0 Å². The Morgan fingerprint density at radius 2 is 2.14 bits per heavy atom. The number of nitro groups is 1. The molecule has 1 N–H and O–H groups in total. The van der Waals surface area contributed by atoms with Gasteiger partial charge in [0.15, 0.2) is 0 Å². The largest absolute Gasteiger partial charge is 0.380 e. The van der Waals surface area contributed by atoms with Gasteiger partial charge in [-0.1, -0.05) is 6.92 Å². The Hall–Kier alpha value is -2.25. The van der Waals surface area contributed by atoms with Crippen molar-refractivity contribution in [1.29, 1.82) is 0 Å². The first-order valence-corrected chi connectivity index (χ1v) is 6.42. The maximum Gasteiger partial charge on any atom is 0.293 e. The van der Waals surface area contributed by atoms with E-state index >= 15 is 0 Å². The average Bonchev–Trinajstić information content (AvgIpc) is 2.43. The lowest BCUT2D eigenvalue weighted by Crippen LogP contribution is -2.31. The summed E-state index contributed by atoms with van der Waals surface area (Å²) in [6.07, 6.45) is -1.87. The highest BCUT2D eigenvalue weighted by Gasteiger charge is 2.20. The van der Waals surface area contributed by atoms with Crippen LogP contribution in [0.3, 0.4) is 0 Å². The number of hydrogen-bond acceptors (Lipinski definition) is 4. The molecule has 0 aliphatic heterocycles. The molecule has 0 radical (unpaired) electrons. The smallest absolute Gasteiger partial charge is 0.293 e. The summed E-state index contributed by atoms with van der Waals surface area (Å²) in [5.41, 5.74) is 0.0570. The number of nitro benzene ring substituents is 1. The molecule has 0 atom stereocenters. The van der Waals surface area contributed by atoms with Gasteiger partial charge in [-0.2, -0.15) is 0 Å². The highest BCUT2D eigenvalue weighted by molar-refractivity contribution is 5.95. The number of rotatable bonds is 7. The van der Waals surface area contributed by atoms with Crippen molar-refractivity contribution in [1.82, 2.24) is 4.90 Å². The number of nitrogens with zero attached hydrogens (tertiary/aromatic N) is 2. The predicted octanol–water partition coefficient (Wildman–Crippen LogP) is 2.75. The normalized spacial score (nSPS) is 10.5. The van der Waals surface area contributed by atoms with E-state index in [-0.39, 0.29) is 11.3 Å². The summed E-state index contributed by atoms with van der Waals surface area (Å²) in [7, 11) is 1.23. The zero-order chi connectivity index (χ0) is 16.0. The summed E-state index contributed by atoms with van der Waals surface area (Å²) in [6.45, 7) is 1.75. The van der Waals surface area contributed by atoms with Gasteiger partial charge in [0.25, 0.3) is 18.0 Å². The van der Waals surface area contributed by atoms with Gasteiger partial charge in [-0.15, -0.1) is 0 Å². The van der Waals surface area contributed by atoms with Gasteiger partial charge in [-0.25, -0.2) is 8.78 Å². The number of benzene rings is 1. The minimum Gasteiger partial charge on any atom is -0.380 e. The minimum absolute atomic E-state index is 0.00639. The first-order chi connectivity index (χ1) is 9.86. The molecule has 0 heterocycles. The molecule has 0 unspecified atom stereocenters. The van der Waals surface area contributed by atoms with Gasteiger partial charge in [0.1, 0.15) is 5.69 Å². The van der Waals surface area contributed by atoms with Gasteiger partial charge < -0.3 is 10.2 Å². The fourth-order valence-electron chi connectivity index (χ4n) is 1.74. The maximum atomic E-state index is 12.3. The molecule has 0 aliphatic rings. The van der Waals surface area contributed by atoms with E-state index in [0.29, 0.717) is 12.2 Å². The number of amides is 1. The first-order valence-electron chi connectivity index (χ1n) is 6.42. The van der Waals surface area contributed by atoms with Crippen LogP contribution in [0.1, 0.15) is 23.7 Å². The third-order valence-corrected chi connectivity index (χ3v) is 2.77. The van der Waals surface area contributed by atoms with Crippen molar-refractivity contribution in [3.8, 4) is 0 Å². The Morgan fingerprint density at radius 3 is 2.67 bits per heavy atom. The second kappa shape index (κ2) is 7.51. The molecule has 0 saturated carbocycles. The fraction of sp³-hybridized carbons (Fsp3) is 0.462. The molecule has 116 valence electrons. The quantitative estimate of drug-likeness (QED) is 0.620. The van der Waals surface area contributed by atoms with Crippen LogP contribution >= 0.6 is 0 Å². The van der Waals surface area contributed by atoms with Gasteiger partial charge in [-0.05, 0) is 18.6 Å². The van der Waals surface area contributed by atoms with Crippen molar-refractivity contribution >= 4 is 17.3 Å². The zero-order valence-electron chi connectivity index (χ0n) is 11.8. The van der Waals surface area contributed by atoms with Crippen molar-refractivity contribution in [2.24, 2.45) is 0 Å². The number of alkyl halides is 2. The lowest BCUT2D eigenvalue weighted by molar-refractivity contribution is -0.384. The van der Waals surface area contributed by atoms with Crippen LogP contribution in [0.2, 0.25) is 0 Å². The lowest BCUT2D eigenvalue weighted by Gasteiger charge is -2.16. The summed E-state index contributed by atoms with van der Waals surface area (Å²) in [5, 5.41) is 13.9. The van der Waals surface area contributed by atoms with Gasteiger partial charge in [-0.3, -0.25) is 14.9 Å². The van der Waals surface area contributed by atoms with E-state index in [9.17, 15) is 23.7 Å². The molecule has 0 aliphatic carbocycles. The van der Waals surface area contributed by atoms with Crippen molar-refractivity contribution in [2.75, 3.05) is 25.5 Å².